The molecule has 1 atom stereocenters. The van der Waals surface area contributed by atoms with Crippen molar-refractivity contribution in [1.29, 1.82) is 0 Å². The monoisotopic (exact) mass is 262 g/mol. The maximum absolute atomic E-state index is 10.3. The molecule has 1 unspecified atom stereocenters. The summed E-state index contributed by atoms with van der Waals surface area (Å²) in [6, 6.07) is 1.89. The SMILES string of the molecule is CCn1nccc1C(O)CCc1c(C)nn(C)c1C. The molecular weight excluding hydrogens is 240 g/mol. The third-order valence-corrected chi connectivity index (χ3v) is 3.72. The number of aryl methyl sites for hydroxylation is 3. The quantitative estimate of drug-likeness (QED) is 0.895. The number of hydrogen-bond donors (Lipinski definition) is 1. The molecule has 0 aliphatic carbocycles. The lowest BCUT2D eigenvalue weighted by molar-refractivity contribution is 0.157. The Hall–Kier alpha value is -1.62. The average Bonchev–Trinajstić information content (AvgIpc) is 2.94. The number of aliphatic hydroxyl groups is 1. The van der Waals surface area contributed by atoms with Gasteiger partial charge in [-0.15, -0.1) is 0 Å². The molecule has 0 aliphatic rings. The molecule has 5 heteroatoms. The van der Waals surface area contributed by atoms with Gasteiger partial charge < -0.3 is 5.11 Å². The van der Waals surface area contributed by atoms with E-state index < -0.39 is 6.10 Å². The van der Waals surface area contributed by atoms with E-state index >= 15 is 0 Å². The Labute approximate surface area is 113 Å². The number of aliphatic hydroxyl groups excluding tert-OH is 1. The van der Waals surface area contributed by atoms with Crippen LogP contribution in [0.3, 0.4) is 0 Å². The average molecular weight is 262 g/mol. The van der Waals surface area contributed by atoms with Gasteiger partial charge in [0.05, 0.1) is 17.5 Å². The van der Waals surface area contributed by atoms with E-state index in [0.29, 0.717) is 6.42 Å². The Bertz CT molecular complexity index is 556. The molecule has 2 rings (SSSR count). The van der Waals surface area contributed by atoms with Gasteiger partial charge in [-0.3, -0.25) is 9.36 Å². The van der Waals surface area contributed by atoms with Gasteiger partial charge >= 0.3 is 0 Å². The first-order chi connectivity index (χ1) is 9.04. The largest absolute Gasteiger partial charge is 0.387 e. The minimum absolute atomic E-state index is 0.471. The predicted octanol–water partition coefficient (Wildman–Crippen LogP) is 1.92. The van der Waals surface area contributed by atoms with Crippen molar-refractivity contribution in [3.63, 3.8) is 0 Å². The topological polar surface area (TPSA) is 55.9 Å². The normalized spacial score (nSPS) is 12.9. The van der Waals surface area contributed by atoms with Crippen LogP contribution in [0.25, 0.3) is 0 Å². The van der Waals surface area contributed by atoms with Gasteiger partial charge in [0.2, 0.25) is 0 Å². The maximum atomic E-state index is 10.3. The van der Waals surface area contributed by atoms with Gasteiger partial charge in [0.15, 0.2) is 0 Å². The second-order valence-electron chi connectivity index (χ2n) is 4.90. The summed E-state index contributed by atoms with van der Waals surface area (Å²) in [4.78, 5) is 0. The highest BCUT2D eigenvalue weighted by molar-refractivity contribution is 5.24. The fraction of sp³-hybridized carbons (Fsp3) is 0.571. The molecule has 1 N–H and O–H groups in total. The molecule has 0 aliphatic heterocycles. The van der Waals surface area contributed by atoms with Crippen LogP contribution >= 0.6 is 0 Å². The number of nitrogens with zero attached hydrogens (tertiary/aromatic N) is 4. The molecule has 19 heavy (non-hydrogen) atoms. The van der Waals surface area contributed by atoms with Gasteiger partial charge in [0.1, 0.15) is 0 Å². The summed E-state index contributed by atoms with van der Waals surface area (Å²) in [5, 5.41) is 18.9. The molecular formula is C14H22N4O. The fourth-order valence-corrected chi connectivity index (χ4v) is 2.50. The highest BCUT2D eigenvalue weighted by atomic mass is 16.3. The third kappa shape index (κ3) is 2.71. The van der Waals surface area contributed by atoms with Crippen LogP contribution in [-0.4, -0.2) is 24.7 Å². The maximum Gasteiger partial charge on any atom is 0.0959 e. The van der Waals surface area contributed by atoms with Crippen molar-refractivity contribution in [2.75, 3.05) is 0 Å². The lowest BCUT2D eigenvalue weighted by Gasteiger charge is -2.12. The summed E-state index contributed by atoms with van der Waals surface area (Å²) in [7, 11) is 1.95. The number of rotatable bonds is 5. The molecule has 2 aromatic rings. The molecule has 0 spiro atoms. The van der Waals surface area contributed by atoms with Gasteiger partial charge in [0, 0.05) is 25.5 Å². The second kappa shape index (κ2) is 5.57. The van der Waals surface area contributed by atoms with E-state index in [2.05, 4.69) is 17.1 Å². The number of hydrogen-bond acceptors (Lipinski definition) is 3. The standard InChI is InChI=1S/C14H22N4O/c1-5-18-13(8-9-15-18)14(19)7-6-12-10(2)16-17(4)11(12)3/h8-9,14,19H,5-7H2,1-4H3. The molecule has 0 fully saturated rings. The van der Waals surface area contributed by atoms with Crippen molar-refractivity contribution >= 4 is 0 Å². The third-order valence-electron chi connectivity index (χ3n) is 3.72. The van der Waals surface area contributed by atoms with Crippen LogP contribution in [0, 0.1) is 13.8 Å². The van der Waals surface area contributed by atoms with Gasteiger partial charge in [-0.1, -0.05) is 0 Å². The molecule has 104 valence electrons. The van der Waals surface area contributed by atoms with E-state index in [1.807, 2.05) is 36.3 Å². The Morgan fingerprint density at radius 3 is 2.68 bits per heavy atom. The van der Waals surface area contributed by atoms with Crippen LogP contribution in [0.1, 0.15) is 42.1 Å². The Kier molecular flexibility index (Phi) is 4.04. The van der Waals surface area contributed by atoms with Crippen molar-refractivity contribution in [2.24, 2.45) is 7.05 Å². The summed E-state index contributed by atoms with van der Waals surface area (Å²) >= 11 is 0. The second-order valence-corrected chi connectivity index (χ2v) is 4.90. The first kappa shape index (κ1) is 13.8. The van der Waals surface area contributed by atoms with Crippen LogP contribution in [0.4, 0.5) is 0 Å². The Morgan fingerprint density at radius 2 is 2.11 bits per heavy atom. The highest BCUT2D eigenvalue weighted by Gasteiger charge is 2.15. The van der Waals surface area contributed by atoms with Crippen LogP contribution in [0.5, 0.6) is 0 Å². The van der Waals surface area contributed by atoms with Crippen molar-refractivity contribution < 1.29 is 5.11 Å². The van der Waals surface area contributed by atoms with Gasteiger partial charge in [0.25, 0.3) is 0 Å². The predicted molar refractivity (Wildman–Crippen MR) is 73.9 cm³/mol. The van der Waals surface area contributed by atoms with Gasteiger partial charge in [-0.2, -0.15) is 10.2 Å². The van der Waals surface area contributed by atoms with Crippen molar-refractivity contribution in [3.05, 3.63) is 34.9 Å². The minimum atomic E-state index is -0.471. The molecule has 0 saturated carbocycles. The van der Waals surface area contributed by atoms with Crippen LogP contribution in [-0.2, 0) is 20.0 Å². The molecule has 2 aromatic heterocycles. The summed E-state index contributed by atoms with van der Waals surface area (Å²) in [5.74, 6) is 0. The smallest absolute Gasteiger partial charge is 0.0959 e. The summed E-state index contributed by atoms with van der Waals surface area (Å²) in [6.45, 7) is 6.89. The van der Waals surface area contributed by atoms with E-state index in [4.69, 9.17) is 0 Å². The zero-order valence-electron chi connectivity index (χ0n) is 12.1. The molecule has 0 saturated heterocycles. The molecule has 5 nitrogen and oxygen atoms in total. The first-order valence-corrected chi connectivity index (χ1v) is 6.73. The summed E-state index contributed by atoms with van der Waals surface area (Å²) in [6.07, 6.45) is 2.80. The number of aromatic nitrogens is 4. The molecule has 0 radical (unpaired) electrons. The summed E-state index contributed by atoms with van der Waals surface area (Å²) in [5.41, 5.74) is 4.36. The van der Waals surface area contributed by atoms with Crippen LogP contribution in [0.15, 0.2) is 12.3 Å². The molecule has 2 heterocycles. The van der Waals surface area contributed by atoms with Crippen molar-refractivity contribution in [1.82, 2.24) is 19.6 Å². The van der Waals surface area contributed by atoms with Crippen LogP contribution in [0.2, 0.25) is 0 Å². The van der Waals surface area contributed by atoms with E-state index in [1.165, 1.54) is 11.3 Å². The Balaban J connectivity index is 2.06. The van der Waals surface area contributed by atoms with E-state index in [-0.39, 0.29) is 0 Å². The zero-order valence-corrected chi connectivity index (χ0v) is 12.1. The lowest BCUT2D eigenvalue weighted by Crippen LogP contribution is -2.09. The van der Waals surface area contributed by atoms with Crippen molar-refractivity contribution in [3.8, 4) is 0 Å². The summed E-state index contributed by atoms with van der Waals surface area (Å²) < 4.78 is 3.74. The zero-order chi connectivity index (χ0) is 14.0. The van der Waals surface area contributed by atoms with E-state index in [0.717, 1.165) is 24.4 Å². The first-order valence-electron chi connectivity index (χ1n) is 6.73. The van der Waals surface area contributed by atoms with Crippen LogP contribution < -0.4 is 0 Å². The fourth-order valence-electron chi connectivity index (χ4n) is 2.50. The molecule has 0 bridgehead atoms. The van der Waals surface area contributed by atoms with E-state index in [1.54, 1.807) is 6.20 Å². The molecule has 0 aromatic carbocycles. The minimum Gasteiger partial charge on any atom is -0.387 e. The molecule has 0 amide bonds. The Morgan fingerprint density at radius 1 is 1.37 bits per heavy atom. The highest BCUT2D eigenvalue weighted by Crippen LogP contribution is 2.21. The van der Waals surface area contributed by atoms with Crippen molar-refractivity contribution in [2.45, 2.75) is 46.3 Å². The lowest BCUT2D eigenvalue weighted by atomic mass is 10.0. The van der Waals surface area contributed by atoms with Gasteiger partial charge in [-0.25, -0.2) is 0 Å². The van der Waals surface area contributed by atoms with E-state index in [9.17, 15) is 5.11 Å². The van der Waals surface area contributed by atoms with Gasteiger partial charge in [-0.05, 0) is 45.2 Å².